The Morgan fingerprint density at radius 1 is 1.39 bits per heavy atom. The van der Waals surface area contributed by atoms with Gasteiger partial charge >= 0.3 is 5.69 Å². The van der Waals surface area contributed by atoms with Crippen LogP contribution in [-0.2, 0) is 19.4 Å². The average molecular weight is 318 g/mol. The number of nitrogens with zero attached hydrogens (tertiary/aromatic N) is 3. The van der Waals surface area contributed by atoms with Gasteiger partial charge in [-0.25, -0.2) is 0 Å². The smallest absolute Gasteiger partial charge is 0.262 e. The second-order valence-electron chi connectivity index (χ2n) is 5.16. The van der Waals surface area contributed by atoms with Crippen LogP contribution in [0.25, 0.3) is 0 Å². The van der Waals surface area contributed by atoms with Crippen LogP contribution in [0.2, 0.25) is 0 Å². The van der Waals surface area contributed by atoms with Gasteiger partial charge in [0.25, 0.3) is 0 Å². The molecule has 0 unspecified atom stereocenters. The summed E-state index contributed by atoms with van der Waals surface area (Å²) in [6.45, 7) is 8.73. The molecule has 0 aliphatic carbocycles. The zero-order chi connectivity index (χ0) is 13.9. The molecular formula is C12H20BrN3O2. The third-order valence-corrected chi connectivity index (χ3v) is 4.41. The van der Waals surface area contributed by atoms with Crippen LogP contribution >= 0.6 is 15.9 Å². The molecule has 1 rings (SSSR count). The van der Waals surface area contributed by atoms with Crippen LogP contribution in [0.3, 0.4) is 0 Å². The fourth-order valence-corrected chi connectivity index (χ4v) is 2.10. The van der Waals surface area contributed by atoms with E-state index in [1.54, 1.807) is 4.68 Å². The number of aromatic nitrogens is 2. The number of aryl methyl sites for hydroxylation is 1. The molecule has 0 spiro atoms. The number of halogens is 1. The summed E-state index contributed by atoms with van der Waals surface area (Å²) in [6.07, 6.45) is 1.22. The van der Waals surface area contributed by atoms with E-state index in [0.717, 1.165) is 11.0 Å². The van der Waals surface area contributed by atoms with Gasteiger partial charge in [0.2, 0.25) is 0 Å². The summed E-state index contributed by atoms with van der Waals surface area (Å²) in [6, 6.07) is 0. The molecular weight excluding hydrogens is 298 g/mol. The summed E-state index contributed by atoms with van der Waals surface area (Å²) in [5.74, 6) is 0. The predicted molar refractivity (Wildman–Crippen MR) is 75.2 cm³/mol. The van der Waals surface area contributed by atoms with Crippen molar-refractivity contribution in [3.05, 3.63) is 21.5 Å². The first-order valence-corrected chi connectivity index (χ1v) is 7.27. The van der Waals surface area contributed by atoms with Crippen molar-refractivity contribution >= 4 is 21.6 Å². The van der Waals surface area contributed by atoms with Crippen LogP contribution in [0, 0.1) is 15.5 Å². The largest absolute Gasteiger partial charge is 0.313 e. The molecule has 0 aliphatic heterocycles. The SMILES string of the molecule is CCc1nn(CC(C)(C)CBr)c(CC)c1[N+](=O)[O-]. The molecule has 0 bridgehead atoms. The molecule has 6 heteroatoms. The van der Waals surface area contributed by atoms with Crippen LogP contribution in [-0.4, -0.2) is 20.0 Å². The fraction of sp³-hybridized carbons (Fsp3) is 0.750. The maximum absolute atomic E-state index is 11.2. The zero-order valence-electron chi connectivity index (χ0n) is 11.4. The lowest BCUT2D eigenvalue weighted by molar-refractivity contribution is -0.386. The molecule has 1 heterocycles. The Balaban J connectivity index is 3.24. The molecule has 0 fully saturated rings. The lowest BCUT2D eigenvalue weighted by Crippen LogP contribution is -2.23. The van der Waals surface area contributed by atoms with Gasteiger partial charge in [-0.15, -0.1) is 0 Å². The highest BCUT2D eigenvalue weighted by Crippen LogP contribution is 2.28. The van der Waals surface area contributed by atoms with Gasteiger partial charge < -0.3 is 0 Å². The van der Waals surface area contributed by atoms with E-state index in [-0.39, 0.29) is 16.0 Å². The van der Waals surface area contributed by atoms with Crippen molar-refractivity contribution in [3.8, 4) is 0 Å². The van der Waals surface area contributed by atoms with Crippen molar-refractivity contribution in [3.63, 3.8) is 0 Å². The summed E-state index contributed by atoms with van der Waals surface area (Å²) in [7, 11) is 0. The fourth-order valence-electron chi connectivity index (χ4n) is 1.92. The highest BCUT2D eigenvalue weighted by atomic mass is 79.9. The molecule has 0 saturated carbocycles. The molecule has 0 saturated heterocycles. The standard InChI is InChI=1S/C12H20BrN3O2/c1-5-9-11(16(17)18)10(6-2)15(14-9)8-12(3,4)7-13/h5-8H2,1-4H3. The van der Waals surface area contributed by atoms with E-state index in [1.807, 2.05) is 13.8 Å². The van der Waals surface area contributed by atoms with Gasteiger partial charge in [-0.3, -0.25) is 14.8 Å². The minimum atomic E-state index is -0.303. The molecule has 1 aromatic heterocycles. The Morgan fingerprint density at radius 3 is 2.39 bits per heavy atom. The molecule has 0 amide bonds. The Hall–Kier alpha value is -0.910. The molecule has 18 heavy (non-hydrogen) atoms. The first kappa shape index (κ1) is 15.1. The Kier molecular flexibility index (Phi) is 4.90. The monoisotopic (exact) mass is 317 g/mol. The van der Waals surface area contributed by atoms with Crippen LogP contribution < -0.4 is 0 Å². The van der Waals surface area contributed by atoms with Gasteiger partial charge in [-0.1, -0.05) is 43.6 Å². The lowest BCUT2D eigenvalue weighted by atomic mass is 9.97. The van der Waals surface area contributed by atoms with Crippen molar-refractivity contribution in [2.75, 3.05) is 5.33 Å². The van der Waals surface area contributed by atoms with Gasteiger partial charge in [-0.2, -0.15) is 5.10 Å². The van der Waals surface area contributed by atoms with Gasteiger partial charge in [0.05, 0.1) is 4.92 Å². The van der Waals surface area contributed by atoms with E-state index in [2.05, 4.69) is 34.9 Å². The van der Waals surface area contributed by atoms with Gasteiger partial charge in [0.15, 0.2) is 0 Å². The maximum atomic E-state index is 11.2. The summed E-state index contributed by atoms with van der Waals surface area (Å²) < 4.78 is 1.80. The molecule has 0 aromatic carbocycles. The molecule has 102 valence electrons. The quantitative estimate of drug-likeness (QED) is 0.459. The number of hydrogen-bond donors (Lipinski definition) is 0. The molecule has 0 radical (unpaired) electrons. The van der Waals surface area contributed by atoms with Crippen molar-refractivity contribution in [1.29, 1.82) is 0 Å². The highest BCUT2D eigenvalue weighted by Gasteiger charge is 2.28. The average Bonchev–Trinajstić information content (AvgIpc) is 2.66. The van der Waals surface area contributed by atoms with E-state index >= 15 is 0 Å². The number of alkyl halides is 1. The van der Waals surface area contributed by atoms with Crippen molar-refractivity contribution < 1.29 is 4.92 Å². The number of nitro groups is 1. The minimum absolute atomic E-state index is 0.0226. The van der Waals surface area contributed by atoms with Crippen LogP contribution in [0.1, 0.15) is 39.1 Å². The molecule has 0 aliphatic rings. The normalized spacial score (nSPS) is 11.8. The first-order chi connectivity index (χ1) is 8.36. The van der Waals surface area contributed by atoms with Crippen molar-refractivity contribution in [2.45, 2.75) is 47.1 Å². The Labute approximate surface area is 116 Å². The third-order valence-electron chi connectivity index (χ3n) is 2.89. The van der Waals surface area contributed by atoms with Crippen molar-refractivity contribution in [1.82, 2.24) is 9.78 Å². The van der Waals surface area contributed by atoms with E-state index in [1.165, 1.54) is 0 Å². The van der Waals surface area contributed by atoms with Crippen LogP contribution in [0.4, 0.5) is 5.69 Å². The summed E-state index contributed by atoms with van der Waals surface area (Å²) in [4.78, 5) is 10.8. The van der Waals surface area contributed by atoms with Gasteiger partial charge in [0.1, 0.15) is 11.4 Å². The van der Waals surface area contributed by atoms with Gasteiger partial charge in [0, 0.05) is 11.9 Å². The second kappa shape index (κ2) is 5.82. The second-order valence-corrected chi connectivity index (χ2v) is 5.72. The first-order valence-electron chi connectivity index (χ1n) is 6.15. The van der Waals surface area contributed by atoms with Gasteiger partial charge in [-0.05, 0) is 18.3 Å². The summed E-state index contributed by atoms with van der Waals surface area (Å²) in [5, 5.41) is 16.4. The summed E-state index contributed by atoms with van der Waals surface area (Å²) in [5.41, 5.74) is 1.54. The number of rotatable bonds is 6. The third kappa shape index (κ3) is 3.10. The topological polar surface area (TPSA) is 61.0 Å². The minimum Gasteiger partial charge on any atom is -0.262 e. The maximum Gasteiger partial charge on any atom is 0.313 e. The molecule has 1 aromatic rings. The van der Waals surface area contributed by atoms with Crippen LogP contribution in [0.5, 0.6) is 0 Å². The molecule has 5 nitrogen and oxygen atoms in total. The van der Waals surface area contributed by atoms with E-state index in [9.17, 15) is 10.1 Å². The predicted octanol–water partition coefficient (Wildman–Crippen LogP) is 3.34. The molecule has 0 atom stereocenters. The Morgan fingerprint density at radius 2 is 2.00 bits per heavy atom. The summed E-state index contributed by atoms with van der Waals surface area (Å²) >= 11 is 3.47. The lowest BCUT2D eigenvalue weighted by Gasteiger charge is -2.22. The Bertz CT molecular complexity index is 441. The zero-order valence-corrected chi connectivity index (χ0v) is 13.0. The van der Waals surface area contributed by atoms with Crippen LogP contribution in [0.15, 0.2) is 0 Å². The van der Waals surface area contributed by atoms with E-state index in [4.69, 9.17) is 0 Å². The molecule has 0 N–H and O–H groups in total. The van der Waals surface area contributed by atoms with E-state index < -0.39 is 0 Å². The van der Waals surface area contributed by atoms with E-state index in [0.29, 0.717) is 25.1 Å². The van der Waals surface area contributed by atoms with Crippen molar-refractivity contribution in [2.24, 2.45) is 5.41 Å². The highest BCUT2D eigenvalue weighted by molar-refractivity contribution is 9.09. The number of hydrogen-bond acceptors (Lipinski definition) is 3.